The zero-order chi connectivity index (χ0) is 50.5. The highest BCUT2D eigenvalue weighted by Gasteiger charge is 2.51. The van der Waals surface area contributed by atoms with Gasteiger partial charge in [-0.3, -0.25) is 23.2 Å². The van der Waals surface area contributed by atoms with Crippen LogP contribution in [0.2, 0.25) is 0 Å². The fourth-order valence-electron chi connectivity index (χ4n) is 8.25. The number of carbonyl (C=O) groups is 2. The smallest absolute Gasteiger partial charge is 0.462 e. The summed E-state index contributed by atoms with van der Waals surface area (Å²) in [6.45, 7) is 2.56. The number of cyclic esters (lactones) is 1. The molecule has 1 heterocycles. The minimum absolute atomic E-state index is 0.0388. The second kappa shape index (κ2) is 34.5. The van der Waals surface area contributed by atoms with E-state index >= 15 is 0 Å². The molecule has 1 saturated carbocycles. The molecule has 68 heavy (non-hydrogen) atoms. The number of rotatable bonds is 24. The van der Waals surface area contributed by atoms with E-state index in [-0.39, 0.29) is 32.1 Å². The zero-order valence-electron chi connectivity index (χ0n) is 40.1. The quantitative estimate of drug-likeness (QED) is 0.0233. The third-order valence-electron chi connectivity index (χ3n) is 12.2. The van der Waals surface area contributed by atoms with Gasteiger partial charge in [-0.1, -0.05) is 121 Å². The van der Waals surface area contributed by atoms with E-state index in [1.54, 1.807) is 6.08 Å². The Morgan fingerprint density at radius 3 is 2.09 bits per heavy atom. The molecule has 1 aliphatic heterocycles. The minimum Gasteiger partial charge on any atom is -0.462 e. The molecule has 2 rings (SSSR count). The fourth-order valence-corrected chi connectivity index (χ4v) is 9.78. The Bertz CT molecular complexity index is 1570. The van der Waals surface area contributed by atoms with Crippen LogP contribution in [0.25, 0.3) is 0 Å². The molecule has 1 fully saturated rings. The highest BCUT2D eigenvalue weighted by atomic mass is 31.2. The Balaban J connectivity index is 2.35. The fraction of sp³-hybridized carbons (Fsp3) is 0.830. The number of ether oxygens (including phenoxy) is 2. The Labute approximate surface area is 402 Å². The molecule has 13 atom stereocenters. The summed E-state index contributed by atoms with van der Waals surface area (Å²) >= 11 is 0. The summed E-state index contributed by atoms with van der Waals surface area (Å²) in [5.74, 6) is -4.53. The molecule has 0 aromatic heterocycles. The second-order valence-electron chi connectivity index (χ2n) is 18.1. The van der Waals surface area contributed by atoms with Crippen molar-refractivity contribution in [2.24, 2.45) is 11.8 Å². The van der Waals surface area contributed by atoms with Gasteiger partial charge in [0.25, 0.3) is 0 Å². The van der Waals surface area contributed by atoms with Crippen LogP contribution >= 0.6 is 15.6 Å². The van der Waals surface area contributed by atoms with Gasteiger partial charge in [-0.2, -0.15) is 0 Å². The summed E-state index contributed by atoms with van der Waals surface area (Å²) in [5, 5.41) is 79.8. The zero-order valence-corrected chi connectivity index (χ0v) is 41.9. The first-order chi connectivity index (χ1) is 32.3. The first-order valence-corrected chi connectivity index (χ1v) is 27.8. The lowest BCUT2D eigenvalue weighted by Crippen LogP contribution is -2.56. The molecule has 10 N–H and O–H groups in total. The third-order valence-corrected chi connectivity index (χ3v) is 13.7. The van der Waals surface area contributed by atoms with Crippen molar-refractivity contribution < 1.29 is 92.2 Å². The minimum atomic E-state index is -5.77. The van der Waals surface area contributed by atoms with Crippen molar-refractivity contribution in [2.45, 2.75) is 223 Å². The van der Waals surface area contributed by atoms with Crippen LogP contribution in [-0.4, -0.2) is 137 Å². The number of phosphoric ester groups is 2. The van der Waals surface area contributed by atoms with Crippen LogP contribution in [0, 0.1) is 11.8 Å². The largest absolute Gasteiger partial charge is 0.472 e. The van der Waals surface area contributed by atoms with Gasteiger partial charge in [0.05, 0.1) is 37.1 Å². The van der Waals surface area contributed by atoms with Crippen molar-refractivity contribution >= 4 is 27.6 Å². The van der Waals surface area contributed by atoms with E-state index in [9.17, 15) is 69.1 Å². The number of esters is 2. The van der Waals surface area contributed by atoms with E-state index in [1.165, 1.54) is 50.7 Å². The summed E-state index contributed by atoms with van der Waals surface area (Å²) in [6, 6.07) is 0. The Hall–Kier alpha value is -1.90. The predicted octanol–water partition coefficient (Wildman–Crippen LogP) is 5.89. The van der Waals surface area contributed by atoms with Crippen LogP contribution in [0.4, 0.5) is 0 Å². The van der Waals surface area contributed by atoms with Crippen LogP contribution in [0.5, 0.6) is 0 Å². The van der Waals surface area contributed by atoms with Gasteiger partial charge in [0.15, 0.2) is 6.10 Å². The number of phosphoric acid groups is 2. The van der Waals surface area contributed by atoms with Crippen molar-refractivity contribution in [1.29, 1.82) is 0 Å². The van der Waals surface area contributed by atoms with Gasteiger partial charge in [0.1, 0.15) is 31.0 Å². The lowest BCUT2D eigenvalue weighted by Gasteiger charge is -2.38. The Kier molecular flexibility index (Phi) is 31.5. The average Bonchev–Trinajstić information content (AvgIpc) is 3.28. The third kappa shape index (κ3) is 26.0. The molecule has 0 saturated heterocycles. The van der Waals surface area contributed by atoms with E-state index in [4.69, 9.17) is 23.0 Å². The molecule has 2 bridgehead atoms. The van der Waals surface area contributed by atoms with Gasteiger partial charge in [0, 0.05) is 31.1 Å². The Morgan fingerprint density at radius 2 is 1.44 bits per heavy atom. The van der Waals surface area contributed by atoms with Crippen LogP contribution in [0.15, 0.2) is 36.5 Å². The lowest BCUT2D eigenvalue weighted by molar-refractivity contribution is -0.165. The van der Waals surface area contributed by atoms with Gasteiger partial charge in [0.2, 0.25) is 0 Å². The maximum atomic E-state index is 13.8. The molecule has 2 aliphatic rings. The number of hydrogen-bond acceptors (Lipinski definition) is 16. The topological polar surface area (TPSA) is 317 Å². The van der Waals surface area contributed by atoms with E-state index in [1.807, 2.05) is 6.92 Å². The number of unbranched alkanes of at least 4 members (excludes halogenated alkanes) is 13. The molecule has 396 valence electrons. The number of hydrogen-bond donors (Lipinski definition) is 10. The molecular formula is C47H84O19P2. The van der Waals surface area contributed by atoms with Gasteiger partial charge in [-0.25, -0.2) is 9.13 Å². The van der Waals surface area contributed by atoms with Crippen molar-refractivity contribution in [1.82, 2.24) is 0 Å². The van der Waals surface area contributed by atoms with Crippen molar-refractivity contribution in [3.05, 3.63) is 36.5 Å². The maximum absolute atomic E-state index is 13.8. The Morgan fingerprint density at radius 1 is 0.824 bits per heavy atom. The number of aliphatic hydroxyl groups is 7. The van der Waals surface area contributed by atoms with Crippen LogP contribution in [-0.2, 0) is 41.8 Å². The molecule has 0 aromatic carbocycles. The molecular weight excluding hydrogens is 930 g/mol. The van der Waals surface area contributed by atoms with E-state index in [2.05, 4.69) is 19.1 Å². The molecule has 0 spiro atoms. The molecule has 21 heteroatoms. The summed E-state index contributed by atoms with van der Waals surface area (Å²) in [6.07, 6.45) is 4.55. The van der Waals surface area contributed by atoms with E-state index in [0.29, 0.717) is 19.3 Å². The lowest BCUT2D eigenvalue weighted by atomic mass is 9.83. The number of carbonyl (C=O) groups excluding carboxylic acids is 2. The highest BCUT2D eigenvalue weighted by molar-refractivity contribution is 7.47. The monoisotopic (exact) mass is 1010 g/mol. The molecule has 19 nitrogen and oxygen atoms in total. The predicted molar refractivity (Wildman–Crippen MR) is 252 cm³/mol. The summed E-state index contributed by atoms with van der Waals surface area (Å²) < 4.78 is 52.3. The van der Waals surface area contributed by atoms with Crippen LogP contribution < -0.4 is 0 Å². The molecule has 1 aliphatic carbocycles. The van der Waals surface area contributed by atoms with Gasteiger partial charge in [-0.15, -0.1) is 0 Å². The normalized spacial score (nSPS) is 32.0. The van der Waals surface area contributed by atoms with Gasteiger partial charge < -0.3 is 59.9 Å². The van der Waals surface area contributed by atoms with Crippen molar-refractivity contribution in [3.8, 4) is 0 Å². The highest BCUT2D eigenvalue weighted by Crippen LogP contribution is 2.50. The first-order valence-electron chi connectivity index (χ1n) is 24.8. The van der Waals surface area contributed by atoms with Gasteiger partial charge in [-0.05, 0) is 57.8 Å². The average molecular weight is 1020 g/mol. The standard InChI is InChI=1S/C47H84O19P2/c1-3-5-7-8-9-10-11-12-13-14-15-16-17-18-24-28-41(52)64-35-32-62-40(51)27-23-20-19-22-26-36-38(49)31-39(50)37(30-29-34(48)25-21-6-4-2)43(54)46(65-67(57,58)59)47(45(56)44(55)42(36)53)66-68(60,61)63-33-35/h12-13,19,22,29-30,34-39,42-50,53-56H,3-11,14-18,20-21,23-28,31-33H2,1-2H3,(H,60,61)(H2,57,58,59)/b13-12-,22-19+,30-29+/t34-,35+,36-,37-,38-,39+,42+,43+,44-,45+,46+,47-/m0/s1. The maximum Gasteiger partial charge on any atom is 0.472 e. The van der Waals surface area contributed by atoms with Crippen molar-refractivity contribution in [3.63, 3.8) is 0 Å². The van der Waals surface area contributed by atoms with Crippen LogP contribution in [0.3, 0.4) is 0 Å². The number of fused-ring (bicyclic) bond motifs is 4. The van der Waals surface area contributed by atoms with Gasteiger partial charge >= 0.3 is 27.6 Å². The summed E-state index contributed by atoms with van der Waals surface area (Å²) in [4.78, 5) is 56.8. The molecule has 0 aromatic rings. The summed E-state index contributed by atoms with van der Waals surface area (Å²) in [7, 11) is -11.4. The molecule has 1 unspecified atom stereocenters. The summed E-state index contributed by atoms with van der Waals surface area (Å²) in [5.41, 5.74) is 0. The van der Waals surface area contributed by atoms with E-state index < -0.39 is 120 Å². The first kappa shape index (κ1) is 62.2. The number of allylic oxidation sites excluding steroid dienone is 4. The SMILES string of the molecule is CCCCCCCC/C=C\CCCCCCCC(=O)O[C@@H]1COC(=O)CCC/C=C/C[C@@H]2[C@@H](O)[C@H](O)[C@@H](O)[C@H](OP(=O)(O)OC1)[C@H](OP(=O)(O)O)[C@H](O)[C@@H](/C=C/[C@@H](O)CCCCC)[C@H](O)C[C@@H]2O. The molecule has 0 radical (unpaired) electrons. The van der Waals surface area contributed by atoms with E-state index in [0.717, 1.165) is 57.4 Å². The van der Waals surface area contributed by atoms with Crippen molar-refractivity contribution in [2.75, 3.05) is 13.2 Å². The second-order valence-corrected chi connectivity index (χ2v) is 20.7. The number of aliphatic hydroxyl groups excluding tert-OH is 7. The van der Waals surface area contributed by atoms with Crippen LogP contribution in [0.1, 0.15) is 162 Å². The molecule has 0 amide bonds.